The van der Waals surface area contributed by atoms with Crippen LogP contribution in [0.5, 0.6) is 0 Å². The second-order valence-corrected chi connectivity index (χ2v) is 10.7. The Morgan fingerprint density at radius 1 is 1.05 bits per heavy atom. The zero-order valence-corrected chi connectivity index (χ0v) is 24.7. The largest absolute Gasteiger partial charge is 0.463 e. The molecule has 0 aromatic heterocycles. The Bertz CT molecular complexity index is 1360. The highest BCUT2D eigenvalue weighted by Gasteiger charge is 2.39. The van der Waals surface area contributed by atoms with Crippen LogP contribution in [-0.2, 0) is 39.9 Å². The van der Waals surface area contributed by atoms with E-state index in [9.17, 15) is 24.3 Å². The van der Waals surface area contributed by atoms with E-state index in [1.807, 2.05) is 42.5 Å². The first-order valence-corrected chi connectivity index (χ1v) is 14.4. The van der Waals surface area contributed by atoms with Gasteiger partial charge < -0.3 is 34.9 Å². The molecule has 2 heterocycles. The normalized spacial score (nSPS) is 22.5. The summed E-state index contributed by atoms with van der Waals surface area (Å²) in [5.41, 5.74) is 5.02. The summed E-state index contributed by atoms with van der Waals surface area (Å²) < 4.78 is 16.1. The van der Waals surface area contributed by atoms with E-state index in [0.717, 1.165) is 28.0 Å². The van der Waals surface area contributed by atoms with E-state index < -0.39 is 30.5 Å². The maximum atomic E-state index is 13.4. The van der Waals surface area contributed by atoms with Crippen molar-refractivity contribution in [3.05, 3.63) is 65.2 Å². The highest BCUT2D eigenvalue weighted by molar-refractivity contribution is 5.98. The molecule has 11 nitrogen and oxygen atoms in total. The van der Waals surface area contributed by atoms with Gasteiger partial charge in [-0.3, -0.25) is 19.2 Å². The molecule has 11 heteroatoms. The van der Waals surface area contributed by atoms with Crippen LogP contribution >= 0.6 is 0 Å². The molecule has 3 amide bonds. The molecule has 0 bridgehead atoms. The van der Waals surface area contributed by atoms with Crippen LogP contribution in [0.3, 0.4) is 0 Å². The third-order valence-electron chi connectivity index (χ3n) is 7.46. The summed E-state index contributed by atoms with van der Waals surface area (Å²) in [6, 6.07) is 15.0. The number of carbonyl (C=O) groups excluding carboxylic acids is 4. The highest BCUT2D eigenvalue weighted by Crippen LogP contribution is 2.32. The van der Waals surface area contributed by atoms with Gasteiger partial charge >= 0.3 is 5.97 Å². The number of aliphatic hydroxyl groups excluding tert-OH is 1. The molecule has 230 valence electrons. The number of carbonyl (C=O) groups is 4. The predicted molar refractivity (Wildman–Crippen MR) is 159 cm³/mol. The first-order valence-electron chi connectivity index (χ1n) is 14.4. The number of hydrogen-bond donors (Lipinski definition) is 3. The van der Waals surface area contributed by atoms with Crippen LogP contribution < -0.4 is 15.5 Å². The maximum Gasteiger partial charge on any atom is 0.306 e. The molecule has 43 heavy (non-hydrogen) atoms. The van der Waals surface area contributed by atoms with E-state index in [0.29, 0.717) is 6.54 Å². The van der Waals surface area contributed by atoms with Crippen LogP contribution in [-0.4, -0.2) is 73.6 Å². The second kappa shape index (κ2) is 14.9. The van der Waals surface area contributed by atoms with Gasteiger partial charge in [0.15, 0.2) is 6.29 Å². The fourth-order valence-electron chi connectivity index (χ4n) is 5.33. The number of nitrogens with zero attached hydrogens (tertiary/aromatic N) is 1. The van der Waals surface area contributed by atoms with Gasteiger partial charge in [-0.2, -0.15) is 0 Å². The van der Waals surface area contributed by atoms with Crippen LogP contribution in [0.15, 0.2) is 48.5 Å². The smallest absolute Gasteiger partial charge is 0.306 e. The van der Waals surface area contributed by atoms with Gasteiger partial charge in [-0.15, -0.1) is 0 Å². The lowest BCUT2D eigenvalue weighted by atomic mass is 9.95. The zero-order valence-electron chi connectivity index (χ0n) is 24.7. The standard InChI is InChI=1S/C32H39N3O8/c1-20-16-22-8-5-7-11-26(22)35(18-23-9-4-6-10-25(20)23)29(39)14-15-33-28(38)12-13-30(40)42-19-24-17-27(37)31(34-21(2)36)32(41-3)43-24/h4-11,16,24,27,31-32,37H,12-15,17-19H2,1-3H3,(H,33,38)(H,34,36)/b20-16-/t24-,27-,31+,32-/m0/s1. The molecule has 3 N–H and O–H groups in total. The summed E-state index contributed by atoms with van der Waals surface area (Å²) in [5.74, 6) is -1.42. The number of amides is 3. The average Bonchev–Trinajstić information content (AvgIpc) is 2.98. The minimum absolute atomic E-state index is 0.0941. The van der Waals surface area contributed by atoms with Crippen molar-refractivity contribution in [3.63, 3.8) is 0 Å². The topological polar surface area (TPSA) is 144 Å². The molecule has 4 rings (SSSR count). The molecule has 4 atom stereocenters. The number of nitrogens with one attached hydrogen (secondary N) is 2. The van der Waals surface area contributed by atoms with Gasteiger partial charge in [0.25, 0.3) is 0 Å². The van der Waals surface area contributed by atoms with E-state index in [2.05, 4.69) is 29.7 Å². The lowest BCUT2D eigenvalue weighted by Gasteiger charge is -2.38. The fourth-order valence-corrected chi connectivity index (χ4v) is 5.33. The number of para-hydroxylation sites is 1. The van der Waals surface area contributed by atoms with E-state index >= 15 is 0 Å². The van der Waals surface area contributed by atoms with Crippen molar-refractivity contribution >= 4 is 41.0 Å². The molecule has 0 saturated carbocycles. The Morgan fingerprint density at radius 2 is 1.79 bits per heavy atom. The van der Waals surface area contributed by atoms with Crippen molar-refractivity contribution < 1.29 is 38.5 Å². The monoisotopic (exact) mass is 593 g/mol. The first kappa shape index (κ1) is 31.9. The van der Waals surface area contributed by atoms with Crippen molar-refractivity contribution in [1.82, 2.24) is 10.6 Å². The Balaban J connectivity index is 1.22. The van der Waals surface area contributed by atoms with Gasteiger partial charge in [0.2, 0.25) is 17.7 Å². The van der Waals surface area contributed by atoms with E-state index in [-0.39, 0.29) is 56.6 Å². The molecule has 2 aliphatic heterocycles. The summed E-state index contributed by atoms with van der Waals surface area (Å²) in [7, 11) is 1.39. The van der Waals surface area contributed by atoms with E-state index in [4.69, 9.17) is 14.2 Å². The summed E-state index contributed by atoms with van der Waals surface area (Å²) in [4.78, 5) is 51.1. The molecule has 0 radical (unpaired) electrons. The molecular formula is C32H39N3O8. The van der Waals surface area contributed by atoms with Crippen molar-refractivity contribution in [3.8, 4) is 0 Å². The minimum Gasteiger partial charge on any atom is -0.463 e. The fraction of sp³-hybridized carbons (Fsp3) is 0.438. The van der Waals surface area contributed by atoms with Crippen molar-refractivity contribution in [1.29, 1.82) is 0 Å². The van der Waals surface area contributed by atoms with Gasteiger partial charge in [-0.05, 0) is 41.3 Å². The van der Waals surface area contributed by atoms with E-state index in [1.165, 1.54) is 14.0 Å². The Kier molecular flexibility index (Phi) is 11.0. The number of methoxy groups -OCH3 is 1. The van der Waals surface area contributed by atoms with Gasteiger partial charge in [0.05, 0.1) is 30.9 Å². The van der Waals surface area contributed by atoms with Crippen LogP contribution in [0.1, 0.15) is 56.2 Å². The average molecular weight is 594 g/mol. The Morgan fingerprint density at radius 3 is 2.56 bits per heavy atom. The van der Waals surface area contributed by atoms with Crippen LogP contribution in [0.4, 0.5) is 5.69 Å². The summed E-state index contributed by atoms with van der Waals surface area (Å²) in [5, 5.41) is 15.7. The number of hydrogen-bond acceptors (Lipinski definition) is 8. The molecular weight excluding hydrogens is 554 g/mol. The zero-order chi connectivity index (χ0) is 30.9. The number of fused-ring (bicyclic) bond motifs is 2. The summed E-state index contributed by atoms with van der Waals surface area (Å²) >= 11 is 0. The van der Waals surface area contributed by atoms with Crippen LogP contribution in [0, 0.1) is 0 Å². The van der Waals surface area contributed by atoms with Crippen LogP contribution in [0.25, 0.3) is 11.6 Å². The number of ether oxygens (including phenoxy) is 3. The van der Waals surface area contributed by atoms with Crippen molar-refractivity contribution in [2.24, 2.45) is 0 Å². The lowest BCUT2D eigenvalue weighted by Crippen LogP contribution is -2.58. The number of rotatable bonds is 10. The Hall–Kier alpha value is -4.06. The number of esters is 1. The lowest BCUT2D eigenvalue weighted by molar-refractivity contribution is -0.229. The number of allylic oxidation sites excluding steroid dienone is 1. The number of aliphatic hydroxyl groups is 1. The molecule has 0 spiro atoms. The Labute approximate surface area is 251 Å². The van der Waals surface area contributed by atoms with Gasteiger partial charge in [0.1, 0.15) is 12.6 Å². The first-order chi connectivity index (χ1) is 20.7. The van der Waals surface area contributed by atoms with Crippen molar-refractivity contribution in [2.75, 3.05) is 25.2 Å². The maximum absolute atomic E-state index is 13.4. The molecule has 1 fully saturated rings. The predicted octanol–water partition coefficient (Wildman–Crippen LogP) is 2.55. The van der Waals surface area contributed by atoms with Crippen LogP contribution in [0.2, 0.25) is 0 Å². The third kappa shape index (κ3) is 8.50. The molecule has 0 unspecified atom stereocenters. The van der Waals surface area contributed by atoms with Gasteiger partial charge in [-0.1, -0.05) is 42.5 Å². The number of anilines is 1. The summed E-state index contributed by atoms with van der Waals surface area (Å²) in [6.07, 6.45) is -0.416. The molecule has 2 aromatic carbocycles. The van der Waals surface area contributed by atoms with Gasteiger partial charge in [0, 0.05) is 39.8 Å². The van der Waals surface area contributed by atoms with Crippen molar-refractivity contribution in [2.45, 2.75) is 70.6 Å². The molecule has 0 aliphatic carbocycles. The highest BCUT2D eigenvalue weighted by atomic mass is 16.7. The quantitative estimate of drug-likeness (QED) is 0.357. The third-order valence-corrected chi connectivity index (χ3v) is 7.46. The SMILES string of the molecule is CO[C@H]1O[C@H](COC(=O)CCC(=O)NCCC(=O)N2Cc3ccccc3/C(C)=C\c3ccccc32)C[C@H](O)[C@H]1NC(C)=O. The summed E-state index contributed by atoms with van der Waals surface area (Å²) in [6.45, 7) is 3.80. The molecule has 2 aliphatic rings. The van der Waals surface area contributed by atoms with E-state index in [1.54, 1.807) is 4.90 Å². The van der Waals surface area contributed by atoms with Gasteiger partial charge in [-0.25, -0.2) is 0 Å². The molecule has 2 aromatic rings. The minimum atomic E-state index is -0.942. The number of benzene rings is 2. The molecule has 1 saturated heterocycles. The second-order valence-electron chi connectivity index (χ2n) is 10.7.